The summed E-state index contributed by atoms with van der Waals surface area (Å²) < 4.78 is 0. The van der Waals surface area contributed by atoms with E-state index in [9.17, 15) is 15.0 Å². The first-order valence-electron chi connectivity index (χ1n) is 4.57. The van der Waals surface area contributed by atoms with Crippen LogP contribution in [0.25, 0.3) is 0 Å². The van der Waals surface area contributed by atoms with Gasteiger partial charge in [-0.15, -0.1) is 0 Å². The molecule has 0 fully saturated rings. The highest BCUT2D eigenvalue weighted by atomic mass is 16.4. The summed E-state index contributed by atoms with van der Waals surface area (Å²) in [5.74, 6) is -1.94. The van der Waals surface area contributed by atoms with Crippen molar-refractivity contribution in [3.8, 4) is 11.5 Å². The van der Waals surface area contributed by atoms with E-state index in [1.807, 2.05) is 0 Å². The van der Waals surface area contributed by atoms with Crippen molar-refractivity contribution in [1.82, 2.24) is 5.32 Å². The van der Waals surface area contributed by atoms with Gasteiger partial charge in [0.05, 0.1) is 0 Å². The number of carboxylic acids is 1. The SMILES string of the molecule is CN[C@H](C(=O)O)C(O)c1ccc(O)c(O)c1. The number of aliphatic hydroxyl groups excluding tert-OH is 1. The number of likely N-dealkylation sites (N-methyl/N-ethyl adjacent to an activating group) is 1. The largest absolute Gasteiger partial charge is 0.504 e. The summed E-state index contributed by atoms with van der Waals surface area (Å²) in [6.45, 7) is 0. The number of aromatic hydroxyl groups is 2. The lowest BCUT2D eigenvalue weighted by molar-refractivity contribution is -0.142. The van der Waals surface area contributed by atoms with Crippen LogP contribution in [0.4, 0.5) is 0 Å². The Hall–Kier alpha value is -1.79. The molecule has 6 heteroatoms. The molecular weight excluding hydrogens is 214 g/mol. The monoisotopic (exact) mass is 227 g/mol. The minimum Gasteiger partial charge on any atom is -0.504 e. The van der Waals surface area contributed by atoms with Crippen LogP contribution in [-0.4, -0.2) is 39.5 Å². The first kappa shape index (κ1) is 12.3. The van der Waals surface area contributed by atoms with Gasteiger partial charge in [0.2, 0.25) is 0 Å². The highest BCUT2D eigenvalue weighted by Gasteiger charge is 2.26. The maximum absolute atomic E-state index is 10.8. The van der Waals surface area contributed by atoms with Crippen molar-refractivity contribution in [2.45, 2.75) is 12.1 Å². The second kappa shape index (κ2) is 4.82. The third-order valence-corrected chi connectivity index (χ3v) is 2.23. The number of nitrogens with one attached hydrogen (secondary N) is 1. The number of benzene rings is 1. The smallest absolute Gasteiger partial charge is 0.323 e. The van der Waals surface area contributed by atoms with Crippen LogP contribution in [0, 0.1) is 0 Å². The molecule has 0 aliphatic heterocycles. The minimum atomic E-state index is -1.31. The summed E-state index contributed by atoms with van der Waals surface area (Å²) in [6.07, 6.45) is -1.31. The van der Waals surface area contributed by atoms with E-state index in [4.69, 9.17) is 10.2 Å². The number of carbonyl (C=O) groups is 1. The number of carboxylic acid groups (broad SMARTS) is 1. The van der Waals surface area contributed by atoms with Gasteiger partial charge in [0.25, 0.3) is 0 Å². The topological polar surface area (TPSA) is 110 Å². The first-order valence-corrected chi connectivity index (χ1v) is 4.57. The Labute approximate surface area is 91.8 Å². The molecule has 1 aromatic rings. The fourth-order valence-electron chi connectivity index (χ4n) is 1.33. The zero-order chi connectivity index (χ0) is 12.3. The third-order valence-electron chi connectivity index (χ3n) is 2.23. The summed E-state index contributed by atoms with van der Waals surface area (Å²) in [4.78, 5) is 10.8. The third kappa shape index (κ3) is 2.41. The highest BCUT2D eigenvalue weighted by Crippen LogP contribution is 2.28. The predicted molar refractivity (Wildman–Crippen MR) is 55.2 cm³/mol. The molecule has 0 amide bonds. The van der Waals surface area contributed by atoms with Gasteiger partial charge in [0.15, 0.2) is 11.5 Å². The molecule has 5 N–H and O–H groups in total. The molecule has 0 radical (unpaired) electrons. The Morgan fingerprint density at radius 2 is 1.94 bits per heavy atom. The molecule has 0 aromatic heterocycles. The Bertz CT molecular complexity index is 393. The van der Waals surface area contributed by atoms with Gasteiger partial charge < -0.3 is 25.7 Å². The molecule has 16 heavy (non-hydrogen) atoms. The number of phenols is 2. The van der Waals surface area contributed by atoms with Crippen LogP contribution in [0.5, 0.6) is 11.5 Å². The van der Waals surface area contributed by atoms with Crippen LogP contribution in [0.2, 0.25) is 0 Å². The number of aliphatic carboxylic acids is 1. The van der Waals surface area contributed by atoms with Crippen LogP contribution in [0.3, 0.4) is 0 Å². The fraction of sp³-hybridized carbons (Fsp3) is 0.300. The number of aliphatic hydroxyl groups is 1. The molecule has 0 saturated heterocycles. The Kier molecular flexibility index (Phi) is 3.70. The Morgan fingerprint density at radius 1 is 1.31 bits per heavy atom. The standard InChI is InChI=1S/C10H13NO5/c1-11-8(10(15)16)9(14)5-2-3-6(12)7(13)4-5/h2-4,8-9,11-14H,1H3,(H,15,16)/t8-,9?/m0/s1. The van der Waals surface area contributed by atoms with Gasteiger partial charge in [0, 0.05) is 0 Å². The molecule has 0 aliphatic rings. The van der Waals surface area contributed by atoms with Crippen molar-refractivity contribution in [3.63, 3.8) is 0 Å². The number of rotatable bonds is 4. The molecular formula is C10H13NO5. The van der Waals surface area contributed by atoms with Crippen molar-refractivity contribution < 1.29 is 25.2 Å². The van der Waals surface area contributed by atoms with Gasteiger partial charge in [-0.3, -0.25) is 4.79 Å². The van der Waals surface area contributed by atoms with E-state index in [-0.39, 0.29) is 11.3 Å². The van der Waals surface area contributed by atoms with Crippen LogP contribution >= 0.6 is 0 Å². The quantitative estimate of drug-likeness (QED) is 0.456. The molecule has 1 rings (SSSR count). The van der Waals surface area contributed by atoms with Crippen molar-refractivity contribution in [3.05, 3.63) is 23.8 Å². The number of hydrogen-bond donors (Lipinski definition) is 5. The van der Waals surface area contributed by atoms with Gasteiger partial charge in [-0.25, -0.2) is 0 Å². The van der Waals surface area contributed by atoms with E-state index in [0.717, 1.165) is 6.07 Å². The highest BCUT2D eigenvalue weighted by molar-refractivity contribution is 5.74. The average Bonchev–Trinajstić information content (AvgIpc) is 2.22. The van der Waals surface area contributed by atoms with Crippen LogP contribution in [0.1, 0.15) is 11.7 Å². The molecule has 1 aromatic carbocycles. The summed E-state index contributed by atoms with van der Waals surface area (Å²) in [6, 6.07) is 2.46. The summed E-state index contributed by atoms with van der Waals surface area (Å²) in [5, 5.41) is 39.2. The number of phenolic OH excluding ortho intramolecular Hbond substituents is 2. The molecule has 1 unspecified atom stereocenters. The van der Waals surface area contributed by atoms with E-state index >= 15 is 0 Å². The molecule has 0 heterocycles. The van der Waals surface area contributed by atoms with Gasteiger partial charge in [-0.05, 0) is 24.7 Å². The van der Waals surface area contributed by atoms with Crippen molar-refractivity contribution in [1.29, 1.82) is 0 Å². The fourth-order valence-corrected chi connectivity index (χ4v) is 1.33. The van der Waals surface area contributed by atoms with E-state index in [2.05, 4.69) is 5.32 Å². The molecule has 0 spiro atoms. The molecule has 0 aliphatic carbocycles. The molecule has 2 atom stereocenters. The lowest BCUT2D eigenvalue weighted by atomic mass is 10.0. The maximum Gasteiger partial charge on any atom is 0.323 e. The number of hydrogen-bond acceptors (Lipinski definition) is 5. The van der Waals surface area contributed by atoms with Crippen LogP contribution < -0.4 is 5.32 Å². The van der Waals surface area contributed by atoms with Gasteiger partial charge in [0.1, 0.15) is 12.1 Å². The zero-order valence-electron chi connectivity index (χ0n) is 8.58. The van der Waals surface area contributed by atoms with Crippen molar-refractivity contribution >= 4 is 5.97 Å². The molecule has 0 bridgehead atoms. The van der Waals surface area contributed by atoms with Gasteiger partial charge >= 0.3 is 5.97 Å². The molecule has 0 saturated carbocycles. The van der Waals surface area contributed by atoms with Crippen LogP contribution in [-0.2, 0) is 4.79 Å². The van der Waals surface area contributed by atoms with Gasteiger partial charge in [-0.1, -0.05) is 6.07 Å². The van der Waals surface area contributed by atoms with E-state index < -0.39 is 23.9 Å². The summed E-state index contributed by atoms with van der Waals surface area (Å²) in [5.41, 5.74) is 0.206. The molecule has 6 nitrogen and oxygen atoms in total. The van der Waals surface area contributed by atoms with E-state index in [1.54, 1.807) is 0 Å². The van der Waals surface area contributed by atoms with Crippen LogP contribution in [0.15, 0.2) is 18.2 Å². The van der Waals surface area contributed by atoms with E-state index in [0.29, 0.717) is 0 Å². The minimum absolute atomic E-state index is 0.206. The van der Waals surface area contributed by atoms with Crippen molar-refractivity contribution in [2.75, 3.05) is 7.05 Å². The summed E-state index contributed by atoms with van der Waals surface area (Å²) >= 11 is 0. The zero-order valence-corrected chi connectivity index (χ0v) is 8.58. The van der Waals surface area contributed by atoms with Crippen molar-refractivity contribution in [2.24, 2.45) is 0 Å². The van der Waals surface area contributed by atoms with E-state index in [1.165, 1.54) is 19.2 Å². The Morgan fingerprint density at radius 3 is 2.38 bits per heavy atom. The second-order valence-electron chi connectivity index (χ2n) is 3.30. The Balaban J connectivity index is 2.99. The average molecular weight is 227 g/mol. The maximum atomic E-state index is 10.8. The summed E-state index contributed by atoms with van der Waals surface area (Å²) in [7, 11) is 1.41. The normalized spacial score (nSPS) is 14.4. The predicted octanol–water partition coefficient (Wildman–Crippen LogP) is -0.196. The molecule has 88 valence electrons. The first-order chi connectivity index (χ1) is 7.47. The lowest BCUT2D eigenvalue weighted by Gasteiger charge is -2.18. The van der Waals surface area contributed by atoms with Gasteiger partial charge in [-0.2, -0.15) is 0 Å². The second-order valence-corrected chi connectivity index (χ2v) is 3.30. The lowest BCUT2D eigenvalue weighted by Crippen LogP contribution is -2.39.